The van der Waals surface area contributed by atoms with E-state index in [9.17, 15) is 18.4 Å². The highest BCUT2D eigenvalue weighted by atomic mass is 19.3. The van der Waals surface area contributed by atoms with Gasteiger partial charge in [0.1, 0.15) is 5.75 Å². The molecule has 33 heavy (non-hydrogen) atoms. The molecule has 1 aromatic heterocycles. The summed E-state index contributed by atoms with van der Waals surface area (Å²) in [5.74, 6) is -3.11. The summed E-state index contributed by atoms with van der Waals surface area (Å²) in [6, 6.07) is 14.9. The van der Waals surface area contributed by atoms with Gasteiger partial charge in [-0.05, 0) is 18.2 Å². The van der Waals surface area contributed by atoms with Crippen molar-refractivity contribution < 1.29 is 23.1 Å². The van der Waals surface area contributed by atoms with Gasteiger partial charge in [0.25, 0.3) is 5.92 Å². The van der Waals surface area contributed by atoms with Crippen molar-refractivity contribution in [1.29, 1.82) is 0 Å². The van der Waals surface area contributed by atoms with E-state index in [0.717, 1.165) is 0 Å². The van der Waals surface area contributed by atoms with Crippen molar-refractivity contribution in [2.24, 2.45) is 5.92 Å². The Kier molecular flexibility index (Phi) is 6.13. The van der Waals surface area contributed by atoms with Crippen LogP contribution in [0.3, 0.4) is 0 Å². The number of aromatic nitrogens is 2. The number of hydrogen-bond acceptors (Lipinski definition) is 4. The molecule has 1 aliphatic rings. The van der Waals surface area contributed by atoms with Gasteiger partial charge in [-0.25, -0.2) is 13.5 Å². The summed E-state index contributed by atoms with van der Waals surface area (Å²) < 4.78 is 35.6. The average molecular weight is 454 g/mol. The van der Waals surface area contributed by atoms with E-state index in [1.165, 1.54) is 19.1 Å². The van der Waals surface area contributed by atoms with Gasteiger partial charge >= 0.3 is 0 Å². The largest absolute Gasteiger partial charge is 0.497 e. The number of anilines is 1. The van der Waals surface area contributed by atoms with Crippen LogP contribution in [0.25, 0.3) is 16.9 Å². The lowest BCUT2D eigenvalue weighted by Gasteiger charge is -2.16. The molecular formula is C24H24F2N4O3. The molecule has 2 amide bonds. The van der Waals surface area contributed by atoms with Gasteiger partial charge in [0.15, 0.2) is 5.82 Å². The van der Waals surface area contributed by atoms with E-state index in [2.05, 4.69) is 15.7 Å². The van der Waals surface area contributed by atoms with Crippen LogP contribution >= 0.6 is 0 Å². The number of halogens is 2. The fraction of sp³-hybridized carbons (Fsp3) is 0.292. The maximum absolute atomic E-state index is 14.4. The first kappa shape index (κ1) is 22.4. The van der Waals surface area contributed by atoms with E-state index in [0.29, 0.717) is 22.7 Å². The zero-order chi connectivity index (χ0) is 23.6. The third kappa shape index (κ3) is 4.72. The standard InChI is InChI=1S/C24H24F2N4O3/c1-3-24(25,26)17-7-4-6-15(10-17)20-13-21(28-23(32)16-11-22(31)27-14-16)29-30(20)18-8-5-9-19(12-18)33-2/h4-10,12-13,16H,3,11,14H2,1-2H3,(H,27,31)(H,28,29,32)/t16-/m1/s1. The molecule has 0 radical (unpaired) electrons. The lowest BCUT2D eigenvalue weighted by molar-refractivity contribution is -0.123. The van der Waals surface area contributed by atoms with E-state index in [-0.39, 0.29) is 42.6 Å². The SMILES string of the molecule is CCC(F)(F)c1cccc(-c2cc(NC(=O)[C@H]3CNC(=O)C3)nn2-c2cccc(OC)c2)c1. The smallest absolute Gasteiger partial charge is 0.273 e. The van der Waals surface area contributed by atoms with Crippen LogP contribution in [0.4, 0.5) is 14.6 Å². The number of nitrogens with zero attached hydrogens (tertiary/aromatic N) is 2. The molecule has 9 heteroatoms. The van der Waals surface area contributed by atoms with Gasteiger partial charge in [0.2, 0.25) is 11.8 Å². The average Bonchev–Trinajstić information content (AvgIpc) is 3.45. The van der Waals surface area contributed by atoms with Crippen molar-refractivity contribution in [3.8, 4) is 22.7 Å². The third-order valence-electron chi connectivity index (χ3n) is 5.63. The number of carbonyl (C=O) groups excluding carboxylic acids is 2. The fourth-order valence-corrected chi connectivity index (χ4v) is 3.72. The normalized spacial score (nSPS) is 15.9. The van der Waals surface area contributed by atoms with Crippen molar-refractivity contribution in [3.63, 3.8) is 0 Å². The Balaban J connectivity index is 1.75. The summed E-state index contributed by atoms with van der Waals surface area (Å²) in [6.45, 7) is 1.70. The lowest BCUT2D eigenvalue weighted by atomic mass is 10.0. The zero-order valence-electron chi connectivity index (χ0n) is 18.3. The second kappa shape index (κ2) is 9.01. The van der Waals surface area contributed by atoms with Crippen molar-refractivity contribution in [1.82, 2.24) is 15.1 Å². The first-order valence-electron chi connectivity index (χ1n) is 10.6. The second-order valence-corrected chi connectivity index (χ2v) is 7.86. The first-order valence-corrected chi connectivity index (χ1v) is 10.6. The van der Waals surface area contributed by atoms with Crippen LogP contribution < -0.4 is 15.4 Å². The molecule has 1 aliphatic heterocycles. The number of rotatable bonds is 7. The molecule has 3 aromatic rings. The highest BCUT2D eigenvalue weighted by molar-refractivity contribution is 5.97. The summed E-state index contributed by atoms with van der Waals surface area (Å²) in [4.78, 5) is 24.1. The van der Waals surface area contributed by atoms with Crippen LogP contribution in [0.1, 0.15) is 25.3 Å². The van der Waals surface area contributed by atoms with Crippen LogP contribution in [0, 0.1) is 5.92 Å². The van der Waals surface area contributed by atoms with Gasteiger partial charge in [0.05, 0.1) is 24.4 Å². The number of benzene rings is 2. The Morgan fingerprint density at radius 2 is 2.03 bits per heavy atom. The molecule has 7 nitrogen and oxygen atoms in total. The summed E-state index contributed by atoms with van der Waals surface area (Å²) in [5, 5.41) is 9.89. The zero-order valence-corrected chi connectivity index (χ0v) is 18.3. The predicted octanol–water partition coefficient (Wildman–Crippen LogP) is 4.12. The van der Waals surface area contributed by atoms with Crippen LogP contribution in [-0.2, 0) is 15.5 Å². The van der Waals surface area contributed by atoms with Gasteiger partial charge in [-0.1, -0.05) is 31.2 Å². The number of methoxy groups -OCH3 is 1. The Labute approximate surface area is 189 Å². The first-order chi connectivity index (χ1) is 15.8. The van der Waals surface area contributed by atoms with E-state index in [1.807, 2.05) is 0 Å². The molecule has 2 heterocycles. The van der Waals surface area contributed by atoms with Gasteiger partial charge in [-0.3, -0.25) is 9.59 Å². The minimum Gasteiger partial charge on any atom is -0.497 e. The molecule has 0 bridgehead atoms. The molecule has 172 valence electrons. The number of alkyl halides is 2. The van der Waals surface area contributed by atoms with Gasteiger partial charge in [-0.15, -0.1) is 5.10 Å². The topological polar surface area (TPSA) is 85.3 Å². The molecule has 2 aromatic carbocycles. The summed E-state index contributed by atoms with van der Waals surface area (Å²) >= 11 is 0. The maximum Gasteiger partial charge on any atom is 0.273 e. The van der Waals surface area contributed by atoms with Gasteiger partial charge < -0.3 is 15.4 Å². The second-order valence-electron chi connectivity index (χ2n) is 7.86. The number of carbonyl (C=O) groups is 2. The minimum absolute atomic E-state index is 0.0954. The quantitative estimate of drug-likeness (QED) is 0.562. The number of nitrogens with one attached hydrogen (secondary N) is 2. The van der Waals surface area contributed by atoms with Crippen molar-refractivity contribution in [2.75, 3.05) is 19.0 Å². The molecule has 4 rings (SSSR count). The third-order valence-corrected chi connectivity index (χ3v) is 5.63. The minimum atomic E-state index is -2.96. The van der Waals surface area contributed by atoms with Crippen LogP contribution in [0.5, 0.6) is 5.75 Å². The maximum atomic E-state index is 14.4. The Hall–Kier alpha value is -3.75. The summed E-state index contributed by atoms with van der Waals surface area (Å²) in [7, 11) is 1.54. The fourth-order valence-electron chi connectivity index (χ4n) is 3.72. The number of ether oxygens (including phenoxy) is 1. The van der Waals surface area contributed by atoms with Crippen molar-refractivity contribution in [2.45, 2.75) is 25.7 Å². The Morgan fingerprint density at radius 1 is 1.24 bits per heavy atom. The summed E-state index contributed by atoms with van der Waals surface area (Å²) in [6.07, 6.45) is -0.204. The molecule has 0 saturated carbocycles. The predicted molar refractivity (Wildman–Crippen MR) is 119 cm³/mol. The molecule has 2 N–H and O–H groups in total. The van der Waals surface area contributed by atoms with E-state index < -0.39 is 11.8 Å². The lowest BCUT2D eigenvalue weighted by Crippen LogP contribution is -2.24. The van der Waals surface area contributed by atoms with Crippen molar-refractivity contribution >= 4 is 17.6 Å². The molecule has 1 saturated heterocycles. The number of amides is 2. The van der Waals surface area contributed by atoms with Crippen LogP contribution in [0.15, 0.2) is 54.6 Å². The van der Waals surface area contributed by atoms with Gasteiger partial charge in [-0.2, -0.15) is 0 Å². The molecule has 1 atom stereocenters. The number of hydrogen-bond donors (Lipinski definition) is 2. The van der Waals surface area contributed by atoms with E-state index in [4.69, 9.17) is 4.74 Å². The Morgan fingerprint density at radius 3 is 2.73 bits per heavy atom. The Bertz CT molecular complexity index is 1190. The molecular weight excluding hydrogens is 430 g/mol. The molecule has 0 spiro atoms. The van der Waals surface area contributed by atoms with Crippen molar-refractivity contribution in [3.05, 3.63) is 60.2 Å². The molecule has 1 fully saturated rings. The van der Waals surface area contributed by atoms with Gasteiger partial charge in [0, 0.05) is 42.6 Å². The van der Waals surface area contributed by atoms with Crippen LogP contribution in [-0.4, -0.2) is 35.2 Å². The van der Waals surface area contributed by atoms with Crippen LogP contribution in [0.2, 0.25) is 0 Å². The summed E-state index contributed by atoms with van der Waals surface area (Å²) in [5.41, 5.74) is 1.58. The van der Waals surface area contributed by atoms with E-state index in [1.54, 1.807) is 54.3 Å². The highest BCUT2D eigenvalue weighted by Crippen LogP contribution is 2.35. The molecule has 0 aliphatic carbocycles. The monoisotopic (exact) mass is 454 g/mol. The molecule has 0 unspecified atom stereocenters. The highest BCUT2D eigenvalue weighted by Gasteiger charge is 2.30. The van der Waals surface area contributed by atoms with E-state index >= 15 is 0 Å².